The number of aromatic nitrogens is 2. The molecule has 0 radical (unpaired) electrons. The number of nitrogens with zero attached hydrogens (tertiary/aromatic N) is 2. The van der Waals surface area contributed by atoms with Crippen molar-refractivity contribution in [3.8, 4) is 23.4 Å². The molecule has 29 heavy (non-hydrogen) atoms. The molecule has 0 unspecified atom stereocenters. The highest BCUT2D eigenvalue weighted by molar-refractivity contribution is 5.57. The highest BCUT2D eigenvalue weighted by Crippen LogP contribution is 2.44. The molecule has 0 fully saturated rings. The molecule has 1 aromatic heterocycles. The van der Waals surface area contributed by atoms with Gasteiger partial charge in [-0.05, 0) is 30.2 Å². The zero-order valence-electron chi connectivity index (χ0n) is 16.1. The van der Waals surface area contributed by atoms with Crippen LogP contribution in [-0.4, -0.2) is 17.3 Å². The van der Waals surface area contributed by atoms with Crippen LogP contribution in [-0.2, 0) is 6.61 Å². The second kappa shape index (κ2) is 7.60. The molecule has 3 aromatic rings. The van der Waals surface area contributed by atoms with Crippen molar-refractivity contribution >= 4 is 0 Å². The molecule has 0 saturated heterocycles. The Bertz CT molecular complexity index is 1110. The van der Waals surface area contributed by atoms with Gasteiger partial charge in [0.2, 0.25) is 11.8 Å². The number of hydrogen-bond donors (Lipinski definition) is 2. The molecule has 1 aliphatic heterocycles. The Morgan fingerprint density at radius 2 is 2.00 bits per heavy atom. The zero-order chi connectivity index (χ0) is 20.4. The fourth-order valence-corrected chi connectivity index (χ4v) is 3.45. The summed E-state index contributed by atoms with van der Waals surface area (Å²) in [6.45, 7) is 2.28. The summed E-state index contributed by atoms with van der Waals surface area (Å²) in [5.41, 5.74) is 9.81. The van der Waals surface area contributed by atoms with E-state index in [0.29, 0.717) is 29.6 Å². The lowest BCUT2D eigenvalue weighted by Gasteiger charge is -2.24. The molecule has 0 aliphatic carbocycles. The highest BCUT2D eigenvalue weighted by atomic mass is 16.5. The van der Waals surface area contributed by atoms with Crippen molar-refractivity contribution in [2.45, 2.75) is 19.4 Å². The Labute approximate surface area is 168 Å². The zero-order valence-corrected chi connectivity index (χ0v) is 16.1. The summed E-state index contributed by atoms with van der Waals surface area (Å²) < 4.78 is 17.0. The highest BCUT2D eigenvalue weighted by Gasteiger charge is 2.34. The van der Waals surface area contributed by atoms with Gasteiger partial charge in [0.25, 0.3) is 0 Å². The van der Waals surface area contributed by atoms with Crippen LogP contribution < -0.4 is 19.9 Å². The Balaban J connectivity index is 1.75. The largest absolute Gasteiger partial charge is 0.493 e. The van der Waals surface area contributed by atoms with E-state index >= 15 is 0 Å². The molecule has 3 N–H and O–H groups in total. The standard InChI is InChI=1S/C22H20N4O3/c1-13-19-20(16(11-23)21(24)29-22(19)26-25-13)15-8-9-17(27-2)18(10-15)28-12-14-6-4-3-5-7-14/h3-10,20H,12,24H2,1-2H3,(H,25,26)/t20-/m0/s1. The maximum atomic E-state index is 9.71. The van der Waals surface area contributed by atoms with Gasteiger partial charge >= 0.3 is 0 Å². The molecule has 0 spiro atoms. The number of benzene rings is 2. The van der Waals surface area contributed by atoms with Gasteiger partial charge in [0.05, 0.1) is 13.0 Å². The second-order valence-corrected chi connectivity index (χ2v) is 6.68. The van der Waals surface area contributed by atoms with Crippen LogP contribution >= 0.6 is 0 Å². The van der Waals surface area contributed by atoms with Crippen LogP contribution in [0.1, 0.15) is 28.3 Å². The van der Waals surface area contributed by atoms with Gasteiger partial charge in [-0.25, -0.2) is 0 Å². The first-order valence-electron chi connectivity index (χ1n) is 9.09. The number of methoxy groups -OCH3 is 1. The van der Waals surface area contributed by atoms with E-state index in [1.807, 2.05) is 55.5 Å². The molecular formula is C22H20N4O3. The predicted molar refractivity (Wildman–Crippen MR) is 106 cm³/mol. The summed E-state index contributed by atoms with van der Waals surface area (Å²) in [7, 11) is 1.59. The van der Waals surface area contributed by atoms with Crippen LogP contribution in [0.2, 0.25) is 0 Å². The molecule has 7 heteroatoms. The molecule has 0 amide bonds. The van der Waals surface area contributed by atoms with Crippen LogP contribution in [0.4, 0.5) is 0 Å². The van der Waals surface area contributed by atoms with Crippen molar-refractivity contribution in [3.63, 3.8) is 0 Å². The summed E-state index contributed by atoms with van der Waals surface area (Å²) in [4.78, 5) is 0. The third-order valence-electron chi connectivity index (χ3n) is 4.89. The van der Waals surface area contributed by atoms with E-state index in [2.05, 4.69) is 16.3 Å². The smallest absolute Gasteiger partial charge is 0.244 e. The van der Waals surface area contributed by atoms with Crippen molar-refractivity contribution in [1.29, 1.82) is 5.26 Å². The van der Waals surface area contributed by atoms with Crippen molar-refractivity contribution in [1.82, 2.24) is 10.2 Å². The summed E-state index contributed by atoms with van der Waals surface area (Å²) in [6, 6.07) is 17.6. The number of nitriles is 1. The third-order valence-corrected chi connectivity index (χ3v) is 4.89. The molecule has 4 rings (SSSR count). The molecule has 2 aromatic carbocycles. The quantitative estimate of drug-likeness (QED) is 0.693. The lowest BCUT2D eigenvalue weighted by atomic mass is 9.84. The fraction of sp³-hybridized carbons (Fsp3) is 0.182. The maximum absolute atomic E-state index is 9.71. The summed E-state index contributed by atoms with van der Waals surface area (Å²) in [6.07, 6.45) is 0. The first-order chi connectivity index (χ1) is 14.1. The first-order valence-corrected chi connectivity index (χ1v) is 9.09. The lowest BCUT2D eigenvalue weighted by molar-refractivity contribution is 0.284. The minimum absolute atomic E-state index is 0.0547. The predicted octanol–water partition coefficient (Wildman–Crippen LogP) is 3.52. The second-order valence-electron chi connectivity index (χ2n) is 6.68. The number of ether oxygens (including phenoxy) is 3. The van der Waals surface area contributed by atoms with Crippen LogP contribution in [0, 0.1) is 18.3 Å². The average Bonchev–Trinajstić information content (AvgIpc) is 3.11. The Hall–Kier alpha value is -3.92. The minimum Gasteiger partial charge on any atom is -0.493 e. The van der Waals surface area contributed by atoms with Gasteiger partial charge in [-0.3, -0.25) is 5.10 Å². The molecule has 2 heterocycles. The molecule has 1 atom stereocenters. The van der Waals surface area contributed by atoms with Crippen LogP contribution in [0.25, 0.3) is 0 Å². The Morgan fingerprint density at radius 1 is 1.21 bits per heavy atom. The number of rotatable bonds is 5. The van der Waals surface area contributed by atoms with E-state index < -0.39 is 5.92 Å². The molecule has 0 bridgehead atoms. The Morgan fingerprint density at radius 3 is 2.72 bits per heavy atom. The molecule has 0 saturated carbocycles. The number of fused-ring (bicyclic) bond motifs is 1. The summed E-state index contributed by atoms with van der Waals surface area (Å²) in [5, 5.41) is 16.8. The van der Waals surface area contributed by atoms with E-state index in [0.717, 1.165) is 22.4 Å². The molecule has 1 aliphatic rings. The molecule has 7 nitrogen and oxygen atoms in total. The Kier molecular flexibility index (Phi) is 4.83. The SMILES string of the molecule is COc1ccc([C@H]2C(C#N)=C(N)Oc3n[nH]c(C)c32)cc1OCc1ccccc1. The number of hydrogen-bond acceptors (Lipinski definition) is 6. The average molecular weight is 388 g/mol. The first kappa shape index (κ1) is 18.4. The van der Waals surface area contributed by atoms with E-state index in [1.54, 1.807) is 7.11 Å². The van der Waals surface area contributed by atoms with Gasteiger partial charge in [-0.1, -0.05) is 36.4 Å². The van der Waals surface area contributed by atoms with Gasteiger partial charge in [-0.15, -0.1) is 5.10 Å². The fourth-order valence-electron chi connectivity index (χ4n) is 3.45. The van der Waals surface area contributed by atoms with E-state index in [1.165, 1.54) is 0 Å². The molecule has 146 valence electrons. The summed E-state index contributed by atoms with van der Waals surface area (Å²) in [5.74, 6) is 1.22. The lowest BCUT2D eigenvalue weighted by Crippen LogP contribution is -2.21. The van der Waals surface area contributed by atoms with E-state index in [9.17, 15) is 5.26 Å². The van der Waals surface area contributed by atoms with Gasteiger partial charge < -0.3 is 19.9 Å². The number of aryl methyl sites for hydroxylation is 1. The number of nitrogens with two attached hydrogens (primary N) is 1. The van der Waals surface area contributed by atoms with E-state index in [-0.39, 0.29) is 5.88 Å². The van der Waals surface area contributed by atoms with Crippen LogP contribution in [0.3, 0.4) is 0 Å². The van der Waals surface area contributed by atoms with Crippen molar-refractivity contribution in [2.24, 2.45) is 5.73 Å². The van der Waals surface area contributed by atoms with Crippen LogP contribution in [0.5, 0.6) is 17.4 Å². The number of H-pyrrole nitrogens is 1. The normalized spacial score (nSPS) is 15.3. The monoisotopic (exact) mass is 388 g/mol. The minimum atomic E-state index is -0.410. The van der Waals surface area contributed by atoms with Gasteiger partial charge in [0.15, 0.2) is 11.5 Å². The number of nitrogens with one attached hydrogen (secondary N) is 1. The molecular weight excluding hydrogens is 368 g/mol. The number of aromatic amines is 1. The maximum Gasteiger partial charge on any atom is 0.244 e. The topological polar surface area (TPSA) is 106 Å². The van der Waals surface area contributed by atoms with Gasteiger partial charge in [0, 0.05) is 11.3 Å². The van der Waals surface area contributed by atoms with Crippen molar-refractivity contribution in [2.75, 3.05) is 7.11 Å². The van der Waals surface area contributed by atoms with Crippen LogP contribution in [0.15, 0.2) is 60.0 Å². The van der Waals surface area contributed by atoms with Crippen molar-refractivity contribution < 1.29 is 14.2 Å². The van der Waals surface area contributed by atoms with Gasteiger partial charge in [0.1, 0.15) is 18.2 Å². The number of allylic oxidation sites excluding steroid dienone is 1. The third kappa shape index (κ3) is 3.36. The van der Waals surface area contributed by atoms with Gasteiger partial charge in [-0.2, -0.15) is 5.26 Å². The van der Waals surface area contributed by atoms with E-state index in [4.69, 9.17) is 19.9 Å². The summed E-state index contributed by atoms with van der Waals surface area (Å²) >= 11 is 0. The van der Waals surface area contributed by atoms with Crippen molar-refractivity contribution in [3.05, 3.63) is 82.4 Å².